The van der Waals surface area contributed by atoms with E-state index in [2.05, 4.69) is 9.98 Å². The molecule has 2 heterocycles. The Morgan fingerprint density at radius 3 is 2.71 bits per heavy atom. The SMILES string of the molecule is Cc1nc(COc2ccc(/C=C/C(=O)n3ccccc3=NC(C)C)cc2)cs1. The van der Waals surface area contributed by atoms with Gasteiger partial charge in [0.05, 0.1) is 10.7 Å². The molecule has 0 radical (unpaired) electrons. The third-order valence-electron chi connectivity index (χ3n) is 3.82. The summed E-state index contributed by atoms with van der Waals surface area (Å²) in [6, 6.07) is 13.3. The van der Waals surface area contributed by atoms with Crippen LogP contribution in [0.25, 0.3) is 6.08 Å². The van der Waals surface area contributed by atoms with E-state index in [-0.39, 0.29) is 11.9 Å². The van der Waals surface area contributed by atoms with Crippen LogP contribution in [0.15, 0.2) is 65.1 Å². The van der Waals surface area contributed by atoms with Crippen molar-refractivity contribution in [2.75, 3.05) is 0 Å². The second-order valence-corrected chi connectivity index (χ2v) is 7.60. The number of ether oxygens (including phenoxy) is 1. The van der Waals surface area contributed by atoms with Crippen LogP contribution >= 0.6 is 11.3 Å². The van der Waals surface area contributed by atoms with Crippen molar-refractivity contribution in [1.82, 2.24) is 9.55 Å². The number of carbonyl (C=O) groups excluding carboxylic acids is 1. The molecule has 6 heteroatoms. The Bertz CT molecular complexity index is 1030. The predicted molar refractivity (Wildman–Crippen MR) is 112 cm³/mol. The lowest BCUT2D eigenvalue weighted by Crippen LogP contribution is -2.26. The Labute approximate surface area is 168 Å². The van der Waals surface area contributed by atoms with E-state index in [1.807, 2.05) is 68.6 Å². The normalized spacial score (nSPS) is 12.1. The number of aryl methyl sites for hydroxylation is 1. The van der Waals surface area contributed by atoms with Crippen molar-refractivity contribution in [2.24, 2.45) is 4.99 Å². The molecule has 0 aliphatic rings. The molecular formula is C22H23N3O2S. The van der Waals surface area contributed by atoms with E-state index in [0.717, 1.165) is 22.0 Å². The van der Waals surface area contributed by atoms with Crippen molar-refractivity contribution < 1.29 is 9.53 Å². The average molecular weight is 394 g/mol. The summed E-state index contributed by atoms with van der Waals surface area (Å²) < 4.78 is 7.29. The number of pyridine rings is 1. The first-order valence-electron chi connectivity index (χ1n) is 9.09. The van der Waals surface area contributed by atoms with Gasteiger partial charge in [0.2, 0.25) is 0 Å². The predicted octanol–water partition coefficient (Wildman–Crippen LogP) is 4.49. The van der Waals surface area contributed by atoms with Crippen molar-refractivity contribution in [3.63, 3.8) is 0 Å². The molecule has 5 nitrogen and oxygen atoms in total. The van der Waals surface area contributed by atoms with Gasteiger partial charge in [0.25, 0.3) is 5.91 Å². The number of hydrogen-bond donors (Lipinski definition) is 0. The lowest BCUT2D eigenvalue weighted by atomic mass is 10.2. The zero-order chi connectivity index (χ0) is 19.9. The molecule has 0 fully saturated rings. The molecule has 0 unspecified atom stereocenters. The smallest absolute Gasteiger partial charge is 0.256 e. The molecule has 0 amide bonds. The molecule has 28 heavy (non-hydrogen) atoms. The summed E-state index contributed by atoms with van der Waals surface area (Å²) in [6.45, 7) is 6.39. The first-order valence-corrected chi connectivity index (χ1v) is 9.97. The molecule has 3 rings (SSSR count). The first kappa shape index (κ1) is 19.8. The minimum atomic E-state index is -0.140. The van der Waals surface area contributed by atoms with Gasteiger partial charge < -0.3 is 4.74 Å². The van der Waals surface area contributed by atoms with E-state index in [0.29, 0.717) is 12.1 Å². The summed E-state index contributed by atoms with van der Waals surface area (Å²) in [7, 11) is 0. The standard InChI is InChI=1S/C22H23N3O2S/c1-16(2)23-21-6-4-5-13-25(21)22(26)12-9-18-7-10-20(11-8-18)27-14-19-15-28-17(3)24-19/h4-13,15-16H,14H2,1-3H3/b12-9+,23-21?. The number of hydrogen-bond acceptors (Lipinski definition) is 5. The molecule has 0 saturated carbocycles. The first-order chi connectivity index (χ1) is 13.5. The zero-order valence-corrected chi connectivity index (χ0v) is 17.0. The van der Waals surface area contributed by atoms with E-state index in [1.165, 1.54) is 0 Å². The zero-order valence-electron chi connectivity index (χ0n) is 16.2. The third kappa shape index (κ3) is 5.50. The monoisotopic (exact) mass is 393 g/mol. The van der Waals surface area contributed by atoms with Crippen LogP contribution in [0, 0.1) is 6.92 Å². The quantitative estimate of drug-likeness (QED) is 0.580. The topological polar surface area (TPSA) is 56.5 Å². The maximum atomic E-state index is 12.5. The van der Waals surface area contributed by atoms with Gasteiger partial charge in [-0.3, -0.25) is 14.4 Å². The second-order valence-electron chi connectivity index (χ2n) is 6.54. The lowest BCUT2D eigenvalue weighted by molar-refractivity contribution is 0.0964. The van der Waals surface area contributed by atoms with Crippen LogP contribution in [0.3, 0.4) is 0 Å². The fourth-order valence-corrected chi connectivity index (χ4v) is 3.14. The molecule has 2 aromatic heterocycles. The van der Waals surface area contributed by atoms with Gasteiger partial charge >= 0.3 is 0 Å². The molecular weight excluding hydrogens is 370 g/mol. The Kier molecular flexibility index (Phi) is 6.55. The van der Waals surface area contributed by atoms with E-state index in [1.54, 1.807) is 34.3 Å². The summed E-state index contributed by atoms with van der Waals surface area (Å²) in [4.78, 5) is 21.4. The van der Waals surface area contributed by atoms with E-state index in [4.69, 9.17) is 4.74 Å². The lowest BCUT2D eigenvalue weighted by Gasteiger charge is -2.05. The fraction of sp³-hybridized carbons (Fsp3) is 0.227. The molecule has 0 N–H and O–H groups in total. The number of nitrogens with zero attached hydrogens (tertiary/aromatic N) is 3. The van der Waals surface area contributed by atoms with E-state index in [9.17, 15) is 4.79 Å². The van der Waals surface area contributed by atoms with Gasteiger partial charge in [0.1, 0.15) is 17.8 Å². The van der Waals surface area contributed by atoms with Crippen molar-refractivity contribution in [2.45, 2.75) is 33.4 Å². The second kappa shape index (κ2) is 9.28. The minimum absolute atomic E-state index is 0.117. The van der Waals surface area contributed by atoms with Crippen LogP contribution in [0.1, 0.15) is 34.9 Å². The van der Waals surface area contributed by atoms with Gasteiger partial charge in [-0.25, -0.2) is 4.98 Å². The molecule has 0 aliphatic carbocycles. The number of aromatic nitrogens is 2. The van der Waals surface area contributed by atoms with Gasteiger partial charge in [-0.1, -0.05) is 18.2 Å². The van der Waals surface area contributed by atoms with Crippen LogP contribution in [-0.4, -0.2) is 21.5 Å². The number of allylic oxidation sites excluding steroid dienone is 1. The molecule has 0 saturated heterocycles. The highest BCUT2D eigenvalue weighted by molar-refractivity contribution is 7.09. The average Bonchev–Trinajstić information content (AvgIpc) is 3.10. The summed E-state index contributed by atoms with van der Waals surface area (Å²) >= 11 is 1.61. The Hall–Kier alpha value is -2.99. The van der Waals surface area contributed by atoms with Crippen LogP contribution in [-0.2, 0) is 6.61 Å². The van der Waals surface area contributed by atoms with Crippen molar-refractivity contribution in [3.8, 4) is 5.75 Å². The van der Waals surface area contributed by atoms with Crippen molar-refractivity contribution >= 4 is 23.3 Å². The minimum Gasteiger partial charge on any atom is -0.487 e. The van der Waals surface area contributed by atoms with Crippen LogP contribution in [0.4, 0.5) is 0 Å². The Balaban J connectivity index is 1.65. The number of rotatable bonds is 6. The molecule has 0 bridgehead atoms. The molecule has 0 atom stereocenters. The molecule has 3 aromatic rings. The highest BCUT2D eigenvalue weighted by atomic mass is 32.1. The number of carbonyl (C=O) groups is 1. The van der Waals surface area contributed by atoms with Crippen molar-refractivity contribution in [3.05, 3.63) is 81.9 Å². The third-order valence-corrected chi connectivity index (χ3v) is 4.64. The summed E-state index contributed by atoms with van der Waals surface area (Å²) in [5.74, 6) is 0.629. The fourth-order valence-electron chi connectivity index (χ4n) is 2.54. The maximum Gasteiger partial charge on any atom is 0.256 e. The molecule has 144 valence electrons. The van der Waals surface area contributed by atoms with Crippen molar-refractivity contribution in [1.29, 1.82) is 0 Å². The van der Waals surface area contributed by atoms with Gasteiger partial charge in [-0.2, -0.15) is 0 Å². The Morgan fingerprint density at radius 2 is 2.04 bits per heavy atom. The Morgan fingerprint density at radius 1 is 1.25 bits per heavy atom. The molecule has 0 aliphatic heterocycles. The van der Waals surface area contributed by atoms with Gasteiger partial charge in [-0.05, 0) is 56.7 Å². The molecule has 0 spiro atoms. The van der Waals surface area contributed by atoms with Gasteiger partial charge in [0.15, 0.2) is 0 Å². The van der Waals surface area contributed by atoms with Crippen LogP contribution < -0.4 is 10.2 Å². The summed E-state index contributed by atoms with van der Waals surface area (Å²) in [6.07, 6.45) is 5.06. The highest BCUT2D eigenvalue weighted by Crippen LogP contribution is 2.16. The summed E-state index contributed by atoms with van der Waals surface area (Å²) in [5.41, 5.74) is 2.50. The maximum absolute atomic E-state index is 12.5. The van der Waals surface area contributed by atoms with E-state index >= 15 is 0 Å². The largest absolute Gasteiger partial charge is 0.487 e. The van der Waals surface area contributed by atoms with Gasteiger partial charge in [-0.15, -0.1) is 11.3 Å². The summed E-state index contributed by atoms with van der Waals surface area (Å²) in [5, 5.41) is 3.03. The number of thiazole rings is 1. The van der Waals surface area contributed by atoms with Crippen LogP contribution in [0.5, 0.6) is 5.75 Å². The highest BCUT2D eigenvalue weighted by Gasteiger charge is 2.02. The van der Waals surface area contributed by atoms with Crippen LogP contribution in [0.2, 0.25) is 0 Å². The molecule has 1 aromatic carbocycles. The van der Waals surface area contributed by atoms with Gasteiger partial charge in [0, 0.05) is 23.7 Å². The van der Waals surface area contributed by atoms with E-state index < -0.39 is 0 Å². The number of benzene rings is 1.